The Morgan fingerprint density at radius 1 is 0.939 bits per heavy atom. The van der Waals surface area contributed by atoms with Gasteiger partial charge in [-0.05, 0) is 61.4 Å². The summed E-state index contributed by atoms with van der Waals surface area (Å²) in [5.41, 5.74) is 2.77. The van der Waals surface area contributed by atoms with Crippen molar-refractivity contribution in [1.82, 2.24) is 9.62 Å². The molecule has 2 rings (SSSR count). The van der Waals surface area contributed by atoms with E-state index in [0.717, 1.165) is 11.1 Å². The molecule has 0 unspecified atom stereocenters. The monoisotopic (exact) mass is 475 g/mol. The highest BCUT2D eigenvalue weighted by Gasteiger charge is 2.21. The van der Waals surface area contributed by atoms with E-state index in [4.69, 9.17) is 4.74 Å². The molecule has 2 amide bonds. The molecule has 0 saturated carbocycles. The smallest absolute Gasteiger partial charge is 0.325 e. The fourth-order valence-electron chi connectivity index (χ4n) is 3.19. The van der Waals surface area contributed by atoms with Gasteiger partial charge in [-0.2, -0.15) is 4.31 Å². The zero-order valence-electron chi connectivity index (χ0n) is 19.2. The summed E-state index contributed by atoms with van der Waals surface area (Å²) in [6.45, 7) is 7.06. The Labute approximate surface area is 194 Å². The van der Waals surface area contributed by atoms with Crippen molar-refractivity contribution in [2.45, 2.75) is 32.6 Å². The molecule has 10 heteroatoms. The molecule has 0 aliphatic rings. The molecular formula is C23H29N3O6S. The number of aryl methyl sites for hydroxylation is 2. The third-order valence-corrected chi connectivity index (χ3v) is 6.79. The number of carbonyl (C=O) groups excluding carboxylic acids is 3. The van der Waals surface area contributed by atoms with Crippen molar-refractivity contribution in [1.29, 1.82) is 0 Å². The predicted molar refractivity (Wildman–Crippen MR) is 124 cm³/mol. The third kappa shape index (κ3) is 7.40. The first-order valence-electron chi connectivity index (χ1n) is 10.5. The highest BCUT2D eigenvalue weighted by molar-refractivity contribution is 7.89. The summed E-state index contributed by atoms with van der Waals surface area (Å²) in [6.07, 6.45) is 0. The largest absolute Gasteiger partial charge is 0.454 e. The average Bonchev–Trinajstić information content (AvgIpc) is 2.76. The molecule has 178 valence electrons. The summed E-state index contributed by atoms with van der Waals surface area (Å²) in [4.78, 5) is 36.2. The van der Waals surface area contributed by atoms with Crippen molar-refractivity contribution in [2.24, 2.45) is 0 Å². The zero-order chi connectivity index (χ0) is 24.6. The number of esters is 1. The first-order chi connectivity index (χ1) is 15.6. The second-order valence-electron chi connectivity index (χ2n) is 7.38. The van der Waals surface area contributed by atoms with Crippen LogP contribution in [0.1, 0.15) is 35.3 Å². The SMILES string of the molecule is CCN(CC)S(=O)(=O)c1ccc(C(=O)NCC(=O)OCC(=O)Nc2cc(C)cc(C)c2)cc1. The first kappa shape index (κ1) is 26.0. The van der Waals surface area contributed by atoms with E-state index in [1.165, 1.54) is 28.6 Å². The van der Waals surface area contributed by atoms with E-state index in [-0.39, 0.29) is 10.5 Å². The van der Waals surface area contributed by atoms with Gasteiger partial charge in [-0.1, -0.05) is 19.9 Å². The fraction of sp³-hybridized carbons (Fsp3) is 0.348. The van der Waals surface area contributed by atoms with Crippen LogP contribution in [0, 0.1) is 13.8 Å². The van der Waals surface area contributed by atoms with E-state index in [2.05, 4.69) is 10.6 Å². The van der Waals surface area contributed by atoms with E-state index in [0.29, 0.717) is 18.8 Å². The molecule has 0 atom stereocenters. The van der Waals surface area contributed by atoms with Crippen LogP contribution in [-0.4, -0.2) is 56.7 Å². The lowest BCUT2D eigenvalue weighted by Gasteiger charge is -2.18. The molecule has 2 N–H and O–H groups in total. The Bertz CT molecular complexity index is 1090. The molecule has 0 aliphatic carbocycles. The molecule has 9 nitrogen and oxygen atoms in total. The van der Waals surface area contributed by atoms with Gasteiger partial charge >= 0.3 is 5.97 Å². The third-order valence-electron chi connectivity index (χ3n) is 4.72. The molecule has 0 fully saturated rings. The Balaban J connectivity index is 1.84. The predicted octanol–water partition coefficient (Wildman–Crippen LogP) is 2.25. The number of amides is 2. The highest BCUT2D eigenvalue weighted by Crippen LogP contribution is 2.16. The number of hydrogen-bond donors (Lipinski definition) is 2. The maximum absolute atomic E-state index is 12.5. The minimum Gasteiger partial charge on any atom is -0.454 e. The van der Waals surface area contributed by atoms with Gasteiger partial charge in [-0.25, -0.2) is 8.42 Å². The number of carbonyl (C=O) groups is 3. The quantitative estimate of drug-likeness (QED) is 0.508. The van der Waals surface area contributed by atoms with Crippen LogP contribution in [0.3, 0.4) is 0 Å². The molecule has 0 spiro atoms. The molecule has 0 radical (unpaired) electrons. The van der Waals surface area contributed by atoms with Gasteiger partial charge in [0, 0.05) is 24.3 Å². The van der Waals surface area contributed by atoms with Crippen molar-refractivity contribution in [3.8, 4) is 0 Å². The van der Waals surface area contributed by atoms with Gasteiger partial charge in [-0.3, -0.25) is 14.4 Å². The van der Waals surface area contributed by atoms with Crippen LogP contribution in [0.25, 0.3) is 0 Å². The molecule has 0 aliphatic heterocycles. The number of nitrogens with one attached hydrogen (secondary N) is 2. The van der Waals surface area contributed by atoms with Gasteiger partial charge in [0.15, 0.2) is 6.61 Å². The van der Waals surface area contributed by atoms with Gasteiger partial charge in [0.25, 0.3) is 11.8 Å². The number of ether oxygens (including phenoxy) is 1. The lowest BCUT2D eigenvalue weighted by atomic mass is 10.1. The standard InChI is InChI=1S/C23H29N3O6S/c1-5-26(6-2)33(30,31)20-9-7-18(8-10-20)23(29)24-14-22(28)32-15-21(27)25-19-12-16(3)11-17(4)13-19/h7-13H,5-6,14-15H2,1-4H3,(H,24,29)(H,25,27). The molecule has 2 aromatic carbocycles. The van der Waals surface area contributed by atoms with E-state index in [1.807, 2.05) is 19.9 Å². The van der Waals surface area contributed by atoms with Gasteiger partial charge in [-0.15, -0.1) is 0 Å². The van der Waals surface area contributed by atoms with Crippen LogP contribution in [0.5, 0.6) is 0 Å². The van der Waals surface area contributed by atoms with Gasteiger partial charge in [0.2, 0.25) is 10.0 Å². The zero-order valence-corrected chi connectivity index (χ0v) is 20.0. The Morgan fingerprint density at radius 3 is 2.06 bits per heavy atom. The molecule has 0 aromatic heterocycles. The summed E-state index contributed by atoms with van der Waals surface area (Å²) in [7, 11) is -3.62. The number of benzene rings is 2. The summed E-state index contributed by atoms with van der Waals surface area (Å²) >= 11 is 0. The molecular weight excluding hydrogens is 446 g/mol. The van der Waals surface area contributed by atoms with Gasteiger partial charge in [0.1, 0.15) is 6.54 Å². The highest BCUT2D eigenvalue weighted by atomic mass is 32.2. The Kier molecular flexibility index (Phi) is 9.12. The summed E-state index contributed by atoms with van der Waals surface area (Å²) < 4.78 is 31.2. The van der Waals surface area contributed by atoms with E-state index in [1.54, 1.807) is 26.0 Å². The van der Waals surface area contributed by atoms with Crippen molar-refractivity contribution in [2.75, 3.05) is 31.6 Å². The minimum atomic E-state index is -3.62. The van der Waals surface area contributed by atoms with Crippen LogP contribution in [0.2, 0.25) is 0 Å². The van der Waals surface area contributed by atoms with Crippen LogP contribution in [0.15, 0.2) is 47.4 Å². The maximum atomic E-state index is 12.5. The van der Waals surface area contributed by atoms with Gasteiger partial charge in [0.05, 0.1) is 4.90 Å². The number of anilines is 1. The number of rotatable bonds is 10. The van der Waals surface area contributed by atoms with Crippen molar-refractivity contribution in [3.63, 3.8) is 0 Å². The Morgan fingerprint density at radius 2 is 1.52 bits per heavy atom. The van der Waals surface area contributed by atoms with E-state index >= 15 is 0 Å². The Hall–Kier alpha value is -3.24. The van der Waals surface area contributed by atoms with Crippen LogP contribution >= 0.6 is 0 Å². The van der Waals surface area contributed by atoms with Crippen LogP contribution in [-0.2, 0) is 24.3 Å². The van der Waals surface area contributed by atoms with Crippen LogP contribution in [0.4, 0.5) is 5.69 Å². The van der Waals surface area contributed by atoms with Crippen LogP contribution < -0.4 is 10.6 Å². The number of hydrogen-bond acceptors (Lipinski definition) is 6. The van der Waals surface area contributed by atoms with E-state index < -0.39 is 41.0 Å². The first-order valence-corrected chi connectivity index (χ1v) is 11.9. The lowest BCUT2D eigenvalue weighted by Crippen LogP contribution is -2.32. The summed E-state index contributed by atoms with van der Waals surface area (Å²) in [6, 6.07) is 11.0. The second kappa shape index (κ2) is 11.6. The molecule has 0 saturated heterocycles. The number of sulfonamides is 1. The summed E-state index contributed by atoms with van der Waals surface area (Å²) in [5, 5.41) is 5.03. The lowest BCUT2D eigenvalue weighted by molar-refractivity contribution is -0.146. The number of nitrogens with zero attached hydrogens (tertiary/aromatic N) is 1. The van der Waals surface area contributed by atoms with E-state index in [9.17, 15) is 22.8 Å². The average molecular weight is 476 g/mol. The molecule has 33 heavy (non-hydrogen) atoms. The molecule has 2 aromatic rings. The fourth-order valence-corrected chi connectivity index (χ4v) is 4.64. The van der Waals surface area contributed by atoms with Crippen molar-refractivity contribution in [3.05, 3.63) is 59.2 Å². The molecule has 0 heterocycles. The molecule has 0 bridgehead atoms. The second-order valence-corrected chi connectivity index (χ2v) is 9.32. The topological polar surface area (TPSA) is 122 Å². The summed E-state index contributed by atoms with van der Waals surface area (Å²) in [5.74, 6) is -1.84. The van der Waals surface area contributed by atoms with Gasteiger partial charge < -0.3 is 15.4 Å². The normalized spacial score (nSPS) is 11.2. The van der Waals surface area contributed by atoms with Crippen molar-refractivity contribution >= 4 is 33.5 Å². The van der Waals surface area contributed by atoms with Crippen molar-refractivity contribution < 1.29 is 27.5 Å². The maximum Gasteiger partial charge on any atom is 0.325 e. The minimum absolute atomic E-state index is 0.0805.